The Balaban J connectivity index is 1.53. The lowest BCUT2D eigenvalue weighted by Crippen LogP contribution is -2.25. The number of rotatable bonds is 6. The van der Waals surface area contributed by atoms with E-state index in [1.165, 1.54) is 0 Å². The van der Waals surface area contributed by atoms with Gasteiger partial charge in [0.05, 0.1) is 0 Å². The van der Waals surface area contributed by atoms with Crippen LogP contribution >= 0.6 is 11.6 Å². The summed E-state index contributed by atoms with van der Waals surface area (Å²) in [6, 6.07) is 17.0. The first-order valence-corrected chi connectivity index (χ1v) is 8.22. The van der Waals surface area contributed by atoms with E-state index >= 15 is 0 Å². The van der Waals surface area contributed by atoms with Crippen molar-refractivity contribution in [1.82, 2.24) is 14.9 Å². The minimum Gasteiger partial charge on any atom is -0.352 e. The standard InChI is InChI=1S/C19H18ClN3O/c20-17-9-4-8-16(14-17)19(24)22-10-5-12-23-13-11-21-18(23)15-6-2-1-3-7-15/h1-4,6-9,11,13-14H,5,10,12H2,(H,22,24). The van der Waals surface area contributed by atoms with Crippen LogP contribution in [0.15, 0.2) is 67.0 Å². The number of aryl methyl sites for hydroxylation is 1. The van der Waals surface area contributed by atoms with Gasteiger partial charge in [0.2, 0.25) is 0 Å². The molecule has 24 heavy (non-hydrogen) atoms. The number of nitrogens with zero attached hydrogens (tertiary/aromatic N) is 2. The Hall–Kier alpha value is -2.59. The molecule has 1 N–H and O–H groups in total. The smallest absolute Gasteiger partial charge is 0.251 e. The van der Waals surface area contributed by atoms with E-state index in [-0.39, 0.29) is 5.91 Å². The molecule has 0 saturated carbocycles. The minimum absolute atomic E-state index is 0.105. The number of nitrogens with one attached hydrogen (secondary N) is 1. The monoisotopic (exact) mass is 339 g/mol. The first kappa shape index (κ1) is 16.3. The van der Waals surface area contributed by atoms with Gasteiger partial charge in [0, 0.05) is 41.6 Å². The zero-order valence-electron chi connectivity index (χ0n) is 13.2. The summed E-state index contributed by atoms with van der Waals surface area (Å²) in [6.07, 6.45) is 4.58. The second kappa shape index (κ2) is 7.79. The van der Waals surface area contributed by atoms with Crippen molar-refractivity contribution < 1.29 is 4.79 Å². The molecule has 1 aromatic heterocycles. The number of amides is 1. The van der Waals surface area contributed by atoms with Gasteiger partial charge in [-0.05, 0) is 24.6 Å². The lowest BCUT2D eigenvalue weighted by molar-refractivity contribution is 0.0953. The van der Waals surface area contributed by atoms with Crippen LogP contribution in [0, 0.1) is 0 Å². The van der Waals surface area contributed by atoms with E-state index < -0.39 is 0 Å². The van der Waals surface area contributed by atoms with Gasteiger partial charge in [-0.1, -0.05) is 48.0 Å². The van der Waals surface area contributed by atoms with Gasteiger partial charge in [-0.15, -0.1) is 0 Å². The van der Waals surface area contributed by atoms with E-state index in [2.05, 4.69) is 14.9 Å². The van der Waals surface area contributed by atoms with Crippen molar-refractivity contribution in [2.75, 3.05) is 6.54 Å². The van der Waals surface area contributed by atoms with Crippen LogP contribution in [0.5, 0.6) is 0 Å². The lowest BCUT2D eigenvalue weighted by atomic mass is 10.2. The van der Waals surface area contributed by atoms with Crippen molar-refractivity contribution in [3.63, 3.8) is 0 Å². The first-order valence-electron chi connectivity index (χ1n) is 7.84. The van der Waals surface area contributed by atoms with Crippen molar-refractivity contribution in [3.8, 4) is 11.4 Å². The van der Waals surface area contributed by atoms with Gasteiger partial charge >= 0.3 is 0 Å². The summed E-state index contributed by atoms with van der Waals surface area (Å²) in [5, 5.41) is 3.48. The van der Waals surface area contributed by atoms with Gasteiger partial charge in [-0.25, -0.2) is 4.98 Å². The van der Waals surface area contributed by atoms with Crippen LogP contribution in [0.3, 0.4) is 0 Å². The maximum Gasteiger partial charge on any atom is 0.251 e. The summed E-state index contributed by atoms with van der Waals surface area (Å²) < 4.78 is 2.10. The van der Waals surface area contributed by atoms with Crippen LogP contribution < -0.4 is 5.32 Å². The van der Waals surface area contributed by atoms with Crippen molar-refractivity contribution in [2.24, 2.45) is 0 Å². The van der Waals surface area contributed by atoms with Gasteiger partial charge in [-0.2, -0.15) is 0 Å². The predicted molar refractivity (Wildman–Crippen MR) is 96.1 cm³/mol. The molecule has 1 amide bonds. The van der Waals surface area contributed by atoms with E-state index in [9.17, 15) is 4.79 Å². The second-order valence-corrected chi connectivity index (χ2v) is 5.87. The van der Waals surface area contributed by atoms with Crippen LogP contribution in [-0.2, 0) is 6.54 Å². The largest absolute Gasteiger partial charge is 0.352 e. The molecule has 0 aliphatic carbocycles. The Morgan fingerprint density at radius 1 is 1.12 bits per heavy atom. The fourth-order valence-corrected chi connectivity index (χ4v) is 2.71. The van der Waals surface area contributed by atoms with Gasteiger partial charge < -0.3 is 9.88 Å². The van der Waals surface area contributed by atoms with Gasteiger partial charge in [0.15, 0.2) is 0 Å². The number of imidazole rings is 1. The topological polar surface area (TPSA) is 46.9 Å². The molecule has 5 heteroatoms. The van der Waals surface area contributed by atoms with Gasteiger partial charge in [-0.3, -0.25) is 4.79 Å². The highest BCUT2D eigenvalue weighted by Crippen LogP contribution is 2.16. The van der Waals surface area contributed by atoms with Crippen LogP contribution in [0.4, 0.5) is 0 Å². The predicted octanol–water partition coefficient (Wildman–Crippen LogP) is 4.02. The summed E-state index contributed by atoms with van der Waals surface area (Å²) >= 11 is 5.90. The second-order valence-electron chi connectivity index (χ2n) is 5.43. The van der Waals surface area contributed by atoms with E-state index in [0.717, 1.165) is 24.4 Å². The number of aromatic nitrogens is 2. The molecule has 0 atom stereocenters. The summed E-state index contributed by atoms with van der Waals surface area (Å²) in [4.78, 5) is 16.5. The number of hydrogen-bond donors (Lipinski definition) is 1. The third-order valence-corrected chi connectivity index (χ3v) is 3.93. The average Bonchev–Trinajstić information content (AvgIpc) is 3.08. The Kier molecular flexibility index (Phi) is 5.29. The van der Waals surface area contributed by atoms with Crippen LogP contribution in [0.2, 0.25) is 5.02 Å². The van der Waals surface area contributed by atoms with Crippen LogP contribution in [-0.4, -0.2) is 22.0 Å². The summed E-state index contributed by atoms with van der Waals surface area (Å²) in [5.41, 5.74) is 1.67. The van der Waals surface area contributed by atoms with Crippen molar-refractivity contribution in [3.05, 3.63) is 77.6 Å². The summed E-state index contributed by atoms with van der Waals surface area (Å²) in [6.45, 7) is 1.39. The maximum atomic E-state index is 12.1. The normalized spacial score (nSPS) is 10.5. The Bertz CT molecular complexity index is 814. The lowest BCUT2D eigenvalue weighted by Gasteiger charge is -2.09. The molecule has 0 aliphatic rings. The van der Waals surface area contributed by atoms with Crippen LogP contribution in [0.1, 0.15) is 16.8 Å². The number of hydrogen-bond acceptors (Lipinski definition) is 2. The highest BCUT2D eigenvalue weighted by Gasteiger charge is 2.07. The van der Waals surface area contributed by atoms with Crippen molar-refractivity contribution in [1.29, 1.82) is 0 Å². The minimum atomic E-state index is -0.105. The molecule has 0 bridgehead atoms. The molecule has 0 spiro atoms. The van der Waals surface area contributed by atoms with E-state index in [0.29, 0.717) is 17.1 Å². The molecular weight excluding hydrogens is 322 g/mol. The zero-order valence-corrected chi connectivity index (χ0v) is 13.9. The molecule has 0 saturated heterocycles. The number of benzene rings is 2. The highest BCUT2D eigenvalue weighted by molar-refractivity contribution is 6.30. The molecule has 122 valence electrons. The Labute approximate surface area is 146 Å². The highest BCUT2D eigenvalue weighted by atomic mass is 35.5. The maximum absolute atomic E-state index is 12.1. The number of halogens is 1. The molecule has 0 radical (unpaired) electrons. The molecule has 0 fully saturated rings. The molecule has 2 aromatic carbocycles. The fraction of sp³-hybridized carbons (Fsp3) is 0.158. The van der Waals surface area contributed by atoms with Gasteiger partial charge in [0.1, 0.15) is 5.82 Å². The SMILES string of the molecule is O=C(NCCCn1ccnc1-c1ccccc1)c1cccc(Cl)c1. The Morgan fingerprint density at radius 3 is 2.75 bits per heavy atom. The number of carbonyl (C=O) groups excluding carboxylic acids is 1. The summed E-state index contributed by atoms with van der Waals surface area (Å²) in [7, 11) is 0. The van der Waals surface area contributed by atoms with E-state index in [1.807, 2.05) is 36.5 Å². The molecule has 0 aliphatic heterocycles. The number of carbonyl (C=O) groups is 1. The molecule has 1 heterocycles. The molecule has 3 aromatic rings. The fourth-order valence-electron chi connectivity index (χ4n) is 2.52. The van der Waals surface area contributed by atoms with Crippen LogP contribution in [0.25, 0.3) is 11.4 Å². The molecule has 4 nitrogen and oxygen atoms in total. The summed E-state index contributed by atoms with van der Waals surface area (Å²) in [5.74, 6) is 0.836. The van der Waals surface area contributed by atoms with Gasteiger partial charge in [0.25, 0.3) is 5.91 Å². The quantitative estimate of drug-likeness (QED) is 0.689. The first-order chi connectivity index (χ1) is 11.7. The van der Waals surface area contributed by atoms with Crippen molar-refractivity contribution in [2.45, 2.75) is 13.0 Å². The Morgan fingerprint density at radius 2 is 1.96 bits per heavy atom. The zero-order chi connectivity index (χ0) is 16.8. The van der Waals surface area contributed by atoms with E-state index in [4.69, 9.17) is 11.6 Å². The molecule has 3 rings (SSSR count). The van der Waals surface area contributed by atoms with Crippen molar-refractivity contribution >= 4 is 17.5 Å². The third-order valence-electron chi connectivity index (χ3n) is 3.70. The third kappa shape index (κ3) is 4.03. The molecule has 0 unspecified atom stereocenters. The van der Waals surface area contributed by atoms with E-state index in [1.54, 1.807) is 30.5 Å². The average molecular weight is 340 g/mol. The molecular formula is C19H18ClN3O.